The second kappa shape index (κ2) is 9.96. The molecule has 0 unspecified atom stereocenters. The van der Waals surface area contributed by atoms with Crippen molar-refractivity contribution in [2.24, 2.45) is 0 Å². The van der Waals surface area contributed by atoms with Gasteiger partial charge in [-0.1, -0.05) is 24.3 Å². The summed E-state index contributed by atoms with van der Waals surface area (Å²) in [5.41, 5.74) is 3.43. The third-order valence-electron chi connectivity index (χ3n) is 4.18. The first-order valence-corrected chi connectivity index (χ1v) is 9.84. The number of esters is 1. The maximum atomic E-state index is 12.6. The molecule has 6 nitrogen and oxygen atoms in total. The van der Waals surface area contributed by atoms with Crippen LogP contribution in [-0.2, 0) is 11.2 Å². The van der Waals surface area contributed by atoms with Crippen LogP contribution in [0.15, 0.2) is 42.8 Å². The molecule has 2 heterocycles. The summed E-state index contributed by atoms with van der Waals surface area (Å²) in [5, 5.41) is 2.56. The molecule has 0 spiro atoms. The van der Waals surface area contributed by atoms with E-state index >= 15 is 0 Å². The Balaban J connectivity index is 2.49. The molecule has 30 heavy (non-hydrogen) atoms. The van der Waals surface area contributed by atoms with E-state index in [1.54, 1.807) is 39.2 Å². The lowest BCUT2D eigenvalue weighted by atomic mass is 9.99. The number of carbonyl (C=O) groups is 2. The molecule has 2 aromatic rings. The average Bonchev–Trinajstić information content (AvgIpc) is 2.68. The minimum absolute atomic E-state index is 0.169. The molecule has 0 aliphatic heterocycles. The van der Waals surface area contributed by atoms with Crippen molar-refractivity contribution < 1.29 is 14.3 Å². The van der Waals surface area contributed by atoms with Crippen molar-refractivity contribution in [3.8, 4) is 0 Å². The molecule has 0 bridgehead atoms. The highest BCUT2D eigenvalue weighted by molar-refractivity contribution is 5.96. The number of nitrogens with one attached hydrogen (secondary N) is 1. The molecule has 158 valence electrons. The summed E-state index contributed by atoms with van der Waals surface area (Å²) in [6.45, 7) is 9.35. The minimum atomic E-state index is -0.640. The van der Waals surface area contributed by atoms with Gasteiger partial charge in [0, 0.05) is 31.6 Å². The summed E-state index contributed by atoms with van der Waals surface area (Å²) in [6, 6.07) is 3.13. The summed E-state index contributed by atoms with van der Waals surface area (Å²) < 4.78 is 5.48. The Labute approximate surface area is 178 Å². The highest BCUT2D eigenvalue weighted by Gasteiger charge is 2.21. The molecule has 0 radical (unpaired) electrons. The van der Waals surface area contributed by atoms with Crippen LogP contribution in [0.2, 0.25) is 0 Å². The lowest BCUT2D eigenvalue weighted by Crippen LogP contribution is -2.25. The number of aryl methyl sites for hydroxylation is 1. The molecular formula is C24H29N3O3. The van der Waals surface area contributed by atoms with Crippen LogP contribution in [0.3, 0.4) is 0 Å². The van der Waals surface area contributed by atoms with E-state index < -0.39 is 11.6 Å². The number of nitrogens with zero attached hydrogens (tertiary/aromatic N) is 2. The SMILES string of the molecule is C/C=C\C=C/c1c(C)cncc1Cc1cc(C(=O)OC(C)(C)C)cc(C(=O)NC)n1. The predicted molar refractivity (Wildman–Crippen MR) is 118 cm³/mol. The van der Waals surface area contributed by atoms with Gasteiger partial charge < -0.3 is 10.1 Å². The third-order valence-corrected chi connectivity index (χ3v) is 4.18. The van der Waals surface area contributed by atoms with Crippen LogP contribution in [0.1, 0.15) is 70.9 Å². The molecule has 0 atom stereocenters. The highest BCUT2D eigenvalue weighted by atomic mass is 16.6. The molecule has 0 fully saturated rings. The standard InChI is InChI=1S/C24H29N3O3/c1-7-8-9-10-20-16(2)14-26-15-18(20)12-19-11-17(23(29)30-24(3,4)5)13-21(27-19)22(28)25-6/h7-11,13-15H,12H2,1-6H3,(H,25,28)/b8-7-,10-9-. The normalized spacial score (nSPS) is 11.8. The van der Waals surface area contributed by atoms with Crippen molar-refractivity contribution in [2.45, 2.75) is 46.6 Å². The second-order valence-corrected chi connectivity index (χ2v) is 7.90. The van der Waals surface area contributed by atoms with Crippen molar-refractivity contribution in [3.63, 3.8) is 0 Å². The molecule has 0 aliphatic rings. The van der Waals surface area contributed by atoms with Gasteiger partial charge in [-0.15, -0.1) is 0 Å². The number of allylic oxidation sites excluding steroid dienone is 3. The van der Waals surface area contributed by atoms with Crippen LogP contribution in [0, 0.1) is 6.92 Å². The van der Waals surface area contributed by atoms with Gasteiger partial charge >= 0.3 is 5.97 Å². The molecule has 1 N–H and O–H groups in total. The number of aromatic nitrogens is 2. The number of carbonyl (C=O) groups excluding carboxylic acids is 2. The van der Waals surface area contributed by atoms with Gasteiger partial charge in [0.1, 0.15) is 11.3 Å². The van der Waals surface area contributed by atoms with Crippen LogP contribution in [0.25, 0.3) is 6.08 Å². The summed E-state index contributed by atoms with van der Waals surface area (Å²) in [4.78, 5) is 33.6. The first kappa shape index (κ1) is 23.0. The Hall–Kier alpha value is -3.28. The van der Waals surface area contributed by atoms with E-state index in [1.807, 2.05) is 38.2 Å². The Morgan fingerprint density at radius 3 is 2.53 bits per heavy atom. The fourth-order valence-corrected chi connectivity index (χ4v) is 2.85. The zero-order chi connectivity index (χ0) is 22.3. The summed E-state index contributed by atoms with van der Waals surface area (Å²) >= 11 is 0. The van der Waals surface area contributed by atoms with Gasteiger partial charge in [0.25, 0.3) is 5.91 Å². The smallest absolute Gasteiger partial charge is 0.338 e. The average molecular weight is 408 g/mol. The van der Waals surface area contributed by atoms with Gasteiger partial charge in [-0.3, -0.25) is 9.78 Å². The van der Waals surface area contributed by atoms with E-state index in [4.69, 9.17) is 4.74 Å². The number of rotatable bonds is 6. The Morgan fingerprint density at radius 2 is 1.90 bits per heavy atom. The lowest BCUT2D eigenvalue weighted by molar-refractivity contribution is 0.00692. The number of hydrogen-bond donors (Lipinski definition) is 1. The number of hydrogen-bond acceptors (Lipinski definition) is 5. The summed E-state index contributed by atoms with van der Waals surface area (Å²) in [7, 11) is 1.53. The van der Waals surface area contributed by atoms with Gasteiger partial charge in [-0.2, -0.15) is 0 Å². The van der Waals surface area contributed by atoms with Gasteiger partial charge in [-0.05, 0) is 63.4 Å². The Kier molecular flexibility index (Phi) is 7.64. The molecular weight excluding hydrogens is 378 g/mol. The number of ether oxygens (including phenoxy) is 1. The summed E-state index contributed by atoms with van der Waals surface area (Å²) in [5.74, 6) is -0.857. The van der Waals surface area contributed by atoms with Crippen molar-refractivity contribution in [1.29, 1.82) is 0 Å². The molecule has 0 saturated heterocycles. The molecule has 6 heteroatoms. The van der Waals surface area contributed by atoms with Gasteiger partial charge in [0.05, 0.1) is 5.56 Å². The van der Waals surface area contributed by atoms with Crippen molar-refractivity contribution in [1.82, 2.24) is 15.3 Å². The zero-order valence-corrected chi connectivity index (χ0v) is 18.4. The zero-order valence-electron chi connectivity index (χ0n) is 18.4. The summed E-state index contributed by atoms with van der Waals surface area (Å²) in [6.07, 6.45) is 11.9. The predicted octanol–water partition coefficient (Wildman–Crippen LogP) is 4.28. The topological polar surface area (TPSA) is 81.2 Å². The van der Waals surface area contributed by atoms with Crippen molar-refractivity contribution in [3.05, 3.63) is 76.4 Å². The van der Waals surface area contributed by atoms with Crippen LogP contribution in [-0.4, -0.2) is 34.5 Å². The number of amides is 1. The van der Waals surface area contributed by atoms with E-state index in [0.29, 0.717) is 17.7 Å². The van der Waals surface area contributed by atoms with E-state index in [9.17, 15) is 9.59 Å². The molecule has 0 saturated carbocycles. The Morgan fingerprint density at radius 1 is 1.17 bits per heavy atom. The van der Waals surface area contributed by atoms with Gasteiger partial charge in [0.15, 0.2) is 0 Å². The molecule has 1 amide bonds. The minimum Gasteiger partial charge on any atom is -0.456 e. The first-order chi connectivity index (χ1) is 14.1. The van der Waals surface area contributed by atoms with E-state index in [0.717, 1.165) is 16.7 Å². The molecule has 0 aromatic carbocycles. The van der Waals surface area contributed by atoms with Gasteiger partial charge in [0.2, 0.25) is 0 Å². The van der Waals surface area contributed by atoms with Crippen LogP contribution < -0.4 is 5.32 Å². The van der Waals surface area contributed by atoms with Crippen LogP contribution in [0.4, 0.5) is 0 Å². The molecule has 2 aromatic heterocycles. The van der Waals surface area contributed by atoms with Crippen LogP contribution >= 0.6 is 0 Å². The number of pyridine rings is 2. The lowest BCUT2D eigenvalue weighted by Gasteiger charge is -2.20. The van der Waals surface area contributed by atoms with Crippen molar-refractivity contribution >= 4 is 18.0 Å². The first-order valence-electron chi connectivity index (χ1n) is 9.84. The van der Waals surface area contributed by atoms with Crippen LogP contribution in [0.5, 0.6) is 0 Å². The van der Waals surface area contributed by atoms with E-state index in [2.05, 4.69) is 15.3 Å². The van der Waals surface area contributed by atoms with Gasteiger partial charge in [-0.25, -0.2) is 9.78 Å². The van der Waals surface area contributed by atoms with Crippen molar-refractivity contribution in [2.75, 3.05) is 7.05 Å². The highest BCUT2D eigenvalue weighted by Crippen LogP contribution is 2.20. The molecule has 0 aliphatic carbocycles. The van der Waals surface area contributed by atoms with E-state index in [-0.39, 0.29) is 11.6 Å². The Bertz CT molecular complexity index is 986. The second-order valence-electron chi connectivity index (χ2n) is 7.90. The maximum absolute atomic E-state index is 12.6. The van der Waals surface area contributed by atoms with E-state index in [1.165, 1.54) is 13.1 Å². The molecule has 2 rings (SSSR count). The fourth-order valence-electron chi connectivity index (χ4n) is 2.85. The quantitative estimate of drug-likeness (QED) is 0.571. The monoisotopic (exact) mass is 407 g/mol. The fraction of sp³-hybridized carbons (Fsp3) is 0.333. The third kappa shape index (κ3) is 6.37. The largest absolute Gasteiger partial charge is 0.456 e. The maximum Gasteiger partial charge on any atom is 0.338 e.